The lowest BCUT2D eigenvalue weighted by molar-refractivity contribution is 0.0985. The van der Waals surface area contributed by atoms with Gasteiger partial charge in [0.05, 0.1) is 18.8 Å². The molecule has 0 saturated heterocycles. The topological polar surface area (TPSA) is 78.2 Å². The zero-order chi connectivity index (χ0) is 11.7. The molecule has 0 saturated carbocycles. The second kappa shape index (κ2) is 4.03. The Balaban J connectivity index is 2.37. The summed E-state index contributed by atoms with van der Waals surface area (Å²) in [6, 6.07) is -0.102. The third-order valence-electron chi connectivity index (χ3n) is 3.02. The molecule has 1 unspecified atom stereocenters. The van der Waals surface area contributed by atoms with Crippen molar-refractivity contribution >= 4 is 6.09 Å². The van der Waals surface area contributed by atoms with Crippen LogP contribution in [0.1, 0.15) is 30.6 Å². The van der Waals surface area contributed by atoms with Crippen molar-refractivity contribution in [2.75, 3.05) is 13.7 Å². The van der Waals surface area contributed by atoms with E-state index in [1.807, 2.05) is 6.92 Å². The first-order valence-corrected chi connectivity index (χ1v) is 5.33. The zero-order valence-corrected chi connectivity index (χ0v) is 9.37. The standard InChI is InChI=1S/C10H15N3O3/c1-3-7-8-6(9(14)12-11-8)4-5-13(7)10(15)16-2/h7H,3-5H2,1-2H3,(H2,11,12,14). The predicted octanol–water partition coefficient (Wildman–Crippen LogP) is 0.779. The minimum Gasteiger partial charge on any atom is -0.453 e. The molecule has 1 aliphatic rings. The number of H-pyrrole nitrogens is 2. The maximum Gasteiger partial charge on any atom is 0.410 e. The molecular weight excluding hydrogens is 210 g/mol. The minimum atomic E-state index is -0.348. The Morgan fingerprint density at radius 1 is 1.56 bits per heavy atom. The lowest BCUT2D eigenvalue weighted by Crippen LogP contribution is -2.40. The van der Waals surface area contributed by atoms with E-state index in [0.717, 1.165) is 17.7 Å². The summed E-state index contributed by atoms with van der Waals surface area (Å²) in [4.78, 5) is 24.6. The number of rotatable bonds is 1. The van der Waals surface area contributed by atoms with E-state index in [2.05, 4.69) is 10.2 Å². The van der Waals surface area contributed by atoms with E-state index < -0.39 is 0 Å². The Bertz CT molecular complexity index is 448. The molecule has 1 aliphatic heterocycles. The Morgan fingerprint density at radius 3 is 2.94 bits per heavy atom. The van der Waals surface area contributed by atoms with Crippen molar-refractivity contribution in [3.63, 3.8) is 0 Å². The van der Waals surface area contributed by atoms with Crippen LogP contribution in [0.5, 0.6) is 0 Å². The minimum absolute atomic E-state index is 0.0852. The molecule has 0 radical (unpaired) electrons. The molecule has 16 heavy (non-hydrogen) atoms. The fourth-order valence-corrected chi connectivity index (χ4v) is 2.23. The fourth-order valence-electron chi connectivity index (χ4n) is 2.23. The van der Waals surface area contributed by atoms with Crippen LogP contribution in [0.15, 0.2) is 4.79 Å². The van der Waals surface area contributed by atoms with E-state index >= 15 is 0 Å². The lowest BCUT2D eigenvalue weighted by atomic mass is 9.98. The van der Waals surface area contributed by atoms with Gasteiger partial charge in [0, 0.05) is 12.1 Å². The highest BCUT2D eigenvalue weighted by molar-refractivity contribution is 5.68. The summed E-state index contributed by atoms with van der Waals surface area (Å²) in [5, 5.41) is 5.41. The van der Waals surface area contributed by atoms with E-state index in [4.69, 9.17) is 4.74 Å². The van der Waals surface area contributed by atoms with Crippen molar-refractivity contribution in [1.29, 1.82) is 0 Å². The zero-order valence-electron chi connectivity index (χ0n) is 9.37. The van der Waals surface area contributed by atoms with Crippen LogP contribution in [0, 0.1) is 0 Å². The van der Waals surface area contributed by atoms with Gasteiger partial charge in [0.1, 0.15) is 0 Å². The summed E-state index contributed by atoms with van der Waals surface area (Å²) in [5.74, 6) is 0. The van der Waals surface area contributed by atoms with Gasteiger partial charge < -0.3 is 4.74 Å². The molecule has 0 spiro atoms. The number of methoxy groups -OCH3 is 1. The van der Waals surface area contributed by atoms with Gasteiger partial charge in [-0.1, -0.05) is 6.92 Å². The van der Waals surface area contributed by atoms with Crippen LogP contribution in [-0.4, -0.2) is 34.8 Å². The molecule has 6 nitrogen and oxygen atoms in total. The Kier molecular flexibility index (Phi) is 2.72. The van der Waals surface area contributed by atoms with Crippen molar-refractivity contribution in [3.8, 4) is 0 Å². The highest BCUT2D eigenvalue weighted by Gasteiger charge is 2.32. The third-order valence-corrected chi connectivity index (χ3v) is 3.02. The number of carbonyl (C=O) groups is 1. The number of carbonyl (C=O) groups excluding carboxylic acids is 1. The number of ether oxygens (including phenoxy) is 1. The summed E-state index contributed by atoms with van der Waals surface area (Å²) < 4.78 is 4.73. The molecule has 2 rings (SSSR count). The number of aromatic amines is 2. The van der Waals surface area contributed by atoms with Gasteiger partial charge in [-0.05, 0) is 12.8 Å². The first-order chi connectivity index (χ1) is 7.69. The average Bonchev–Trinajstić information content (AvgIpc) is 2.69. The van der Waals surface area contributed by atoms with Crippen LogP contribution in [0.3, 0.4) is 0 Å². The van der Waals surface area contributed by atoms with Crippen LogP contribution >= 0.6 is 0 Å². The quantitative estimate of drug-likeness (QED) is 0.741. The van der Waals surface area contributed by atoms with Crippen molar-refractivity contribution in [1.82, 2.24) is 15.1 Å². The molecule has 2 heterocycles. The van der Waals surface area contributed by atoms with Gasteiger partial charge in [-0.3, -0.25) is 19.9 Å². The molecule has 1 aromatic heterocycles. The van der Waals surface area contributed by atoms with Crippen molar-refractivity contribution in [2.45, 2.75) is 25.8 Å². The summed E-state index contributed by atoms with van der Waals surface area (Å²) in [6.45, 7) is 2.50. The van der Waals surface area contributed by atoms with Crippen LogP contribution in [0.4, 0.5) is 4.79 Å². The van der Waals surface area contributed by atoms with Gasteiger partial charge in [0.15, 0.2) is 0 Å². The van der Waals surface area contributed by atoms with Crippen LogP contribution in [0.2, 0.25) is 0 Å². The predicted molar refractivity (Wildman–Crippen MR) is 57.3 cm³/mol. The molecule has 88 valence electrons. The van der Waals surface area contributed by atoms with Gasteiger partial charge in [0.25, 0.3) is 5.56 Å². The van der Waals surface area contributed by atoms with Crippen LogP contribution in [0.25, 0.3) is 0 Å². The smallest absolute Gasteiger partial charge is 0.410 e. The number of aromatic nitrogens is 2. The molecule has 2 N–H and O–H groups in total. The monoisotopic (exact) mass is 225 g/mol. The Morgan fingerprint density at radius 2 is 2.31 bits per heavy atom. The molecule has 1 atom stereocenters. The Labute approximate surface area is 92.6 Å². The van der Waals surface area contributed by atoms with E-state index in [1.54, 1.807) is 4.90 Å². The molecule has 1 amide bonds. The number of amides is 1. The van der Waals surface area contributed by atoms with Gasteiger partial charge in [-0.25, -0.2) is 4.79 Å². The largest absolute Gasteiger partial charge is 0.453 e. The van der Waals surface area contributed by atoms with Gasteiger partial charge in [-0.2, -0.15) is 0 Å². The first kappa shape index (κ1) is 10.8. The maximum atomic E-state index is 11.6. The number of fused-ring (bicyclic) bond motifs is 1. The van der Waals surface area contributed by atoms with Crippen molar-refractivity contribution in [3.05, 3.63) is 21.6 Å². The van der Waals surface area contributed by atoms with Crippen molar-refractivity contribution < 1.29 is 9.53 Å². The van der Waals surface area contributed by atoms with E-state index in [9.17, 15) is 9.59 Å². The number of hydrogen-bond acceptors (Lipinski definition) is 3. The molecular formula is C10H15N3O3. The van der Waals surface area contributed by atoms with Crippen molar-refractivity contribution in [2.24, 2.45) is 0 Å². The second-order valence-electron chi connectivity index (χ2n) is 3.81. The van der Waals surface area contributed by atoms with E-state index in [1.165, 1.54) is 7.11 Å². The van der Waals surface area contributed by atoms with Crippen LogP contribution in [-0.2, 0) is 11.2 Å². The molecule has 0 aromatic carbocycles. The third kappa shape index (κ3) is 1.50. The maximum absolute atomic E-state index is 11.6. The first-order valence-electron chi connectivity index (χ1n) is 5.33. The highest BCUT2D eigenvalue weighted by Crippen LogP contribution is 2.29. The van der Waals surface area contributed by atoms with E-state index in [0.29, 0.717) is 13.0 Å². The highest BCUT2D eigenvalue weighted by atomic mass is 16.5. The number of nitrogens with zero attached hydrogens (tertiary/aromatic N) is 1. The normalized spacial score (nSPS) is 19.4. The number of nitrogens with one attached hydrogen (secondary N) is 2. The summed E-state index contributed by atoms with van der Waals surface area (Å²) >= 11 is 0. The summed E-state index contributed by atoms with van der Waals surface area (Å²) in [5.41, 5.74) is 1.48. The van der Waals surface area contributed by atoms with Gasteiger partial charge >= 0.3 is 6.09 Å². The molecule has 0 aliphatic carbocycles. The Hall–Kier alpha value is -1.72. The van der Waals surface area contributed by atoms with Crippen LogP contribution < -0.4 is 5.56 Å². The fraction of sp³-hybridized carbons (Fsp3) is 0.600. The average molecular weight is 225 g/mol. The SMILES string of the molecule is CCC1c2[nH][nH]c(=O)c2CCN1C(=O)OC. The summed E-state index contributed by atoms with van der Waals surface area (Å²) in [6.07, 6.45) is 0.967. The molecule has 1 aromatic rings. The van der Waals surface area contributed by atoms with Gasteiger partial charge in [-0.15, -0.1) is 0 Å². The lowest BCUT2D eigenvalue weighted by Gasteiger charge is -2.33. The van der Waals surface area contributed by atoms with E-state index in [-0.39, 0.29) is 17.7 Å². The number of hydrogen-bond donors (Lipinski definition) is 2. The second-order valence-corrected chi connectivity index (χ2v) is 3.81. The molecule has 0 fully saturated rings. The van der Waals surface area contributed by atoms with Gasteiger partial charge in [0.2, 0.25) is 0 Å². The summed E-state index contributed by atoms with van der Waals surface area (Å²) in [7, 11) is 1.37. The molecule has 6 heteroatoms. The molecule has 0 bridgehead atoms.